The lowest BCUT2D eigenvalue weighted by molar-refractivity contribution is -0.132. The molecule has 6 nitrogen and oxygen atoms in total. The van der Waals surface area contributed by atoms with E-state index in [1.54, 1.807) is 12.1 Å². The number of benzene rings is 2. The van der Waals surface area contributed by atoms with Crippen LogP contribution in [0.1, 0.15) is 17.2 Å². The van der Waals surface area contributed by atoms with Crippen molar-refractivity contribution in [3.63, 3.8) is 0 Å². The number of aliphatic hydroxyl groups is 1. The number of hydrogen-bond donors (Lipinski definition) is 1. The molecule has 0 saturated carbocycles. The molecule has 1 saturated heterocycles. The molecule has 3 aromatic rings. The maximum atomic E-state index is 13.3. The highest BCUT2D eigenvalue weighted by Gasteiger charge is 2.48. The van der Waals surface area contributed by atoms with E-state index in [-0.39, 0.29) is 21.3 Å². The van der Waals surface area contributed by atoms with Gasteiger partial charge in [0.05, 0.1) is 11.6 Å². The second-order valence-electron chi connectivity index (χ2n) is 6.06. The molecule has 4 rings (SSSR count). The molecule has 1 aliphatic heterocycles. The summed E-state index contributed by atoms with van der Waals surface area (Å²) >= 11 is 13.4. The highest BCUT2D eigenvalue weighted by Crippen LogP contribution is 2.44. The van der Waals surface area contributed by atoms with Gasteiger partial charge in [0, 0.05) is 15.6 Å². The summed E-state index contributed by atoms with van der Waals surface area (Å²) in [6.07, 6.45) is 0. The van der Waals surface area contributed by atoms with Crippen LogP contribution in [0.2, 0.25) is 10.0 Å². The Morgan fingerprint density at radius 2 is 1.86 bits per heavy atom. The summed E-state index contributed by atoms with van der Waals surface area (Å²) in [6, 6.07) is 8.43. The molecule has 2 heterocycles. The number of ketones is 1. The lowest BCUT2D eigenvalue weighted by atomic mass is 9.95. The number of carbonyl (C=O) groups is 2. The molecule has 1 amide bonds. The van der Waals surface area contributed by atoms with Gasteiger partial charge in [-0.2, -0.15) is 0 Å². The molecule has 2 aromatic carbocycles. The van der Waals surface area contributed by atoms with Crippen LogP contribution in [-0.4, -0.2) is 27.0 Å². The number of aliphatic hydroxyl groups excluding tert-OH is 1. The molecule has 10 heteroatoms. The van der Waals surface area contributed by atoms with Crippen LogP contribution in [0.3, 0.4) is 0 Å². The Labute approximate surface area is 177 Å². The normalized spacial score (nSPS) is 18.4. The lowest BCUT2D eigenvalue weighted by Gasteiger charge is -2.23. The molecule has 0 radical (unpaired) electrons. The van der Waals surface area contributed by atoms with Crippen molar-refractivity contribution in [3.05, 3.63) is 80.5 Å². The average Bonchev–Trinajstić information content (AvgIpc) is 3.29. The number of hydrogen-bond acceptors (Lipinski definition) is 6. The van der Waals surface area contributed by atoms with Crippen LogP contribution in [0.5, 0.6) is 0 Å². The van der Waals surface area contributed by atoms with Crippen LogP contribution in [0.15, 0.2) is 53.5 Å². The number of Topliss-reactive ketones (excluding diaryl/α,β-unsaturated/α-hetero) is 1. The van der Waals surface area contributed by atoms with Crippen LogP contribution in [0, 0.1) is 5.82 Å². The fraction of sp³-hybridized carbons (Fsp3) is 0.0526. The number of anilines is 1. The minimum atomic E-state index is -1.06. The topological polar surface area (TPSA) is 83.4 Å². The van der Waals surface area contributed by atoms with Gasteiger partial charge in [0.2, 0.25) is 5.13 Å². The lowest BCUT2D eigenvalue weighted by Crippen LogP contribution is -2.29. The van der Waals surface area contributed by atoms with Crippen LogP contribution < -0.4 is 4.90 Å². The summed E-state index contributed by atoms with van der Waals surface area (Å²) in [4.78, 5) is 26.8. The van der Waals surface area contributed by atoms with Gasteiger partial charge in [0.1, 0.15) is 17.1 Å². The van der Waals surface area contributed by atoms with E-state index in [1.807, 2.05) is 0 Å². The standard InChI is InChI=1S/C19H10Cl2FN3O3S/c20-10-3-6-12(13(21)7-10)15-14(16(26)9-1-4-11(22)5-2-9)17(27)18(28)25(15)19-24-23-8-29-19/h1-8,15,26H/t15-/m1/s1. The number of amides is 1. The van der Waals surface area contributed by atoms with Crippen molar-refractivity contribution in [2.75, 3.05) is 4.90 Å². The highest BCUT2D eigenvalue weighted by atomic mass is 35.5. The van der Waals surface area contributed by atoms with Gasteiger partial charge in [-0.3, -0.25) is 14.5 Å². The Morgan fingerprint density at radius 3 is 2.48 bits per heavy atom. The molecule has 0 aliphatic carbocycles. The zero-order valence-corrected chi connectivity index (χ0v) is 16.7. The first-order chi connectivity index (χ1) is 13.9. The first kappa shape index (κ1) is 19.5. The van der Waals surface area contributed by atoms with E-state index in [1.165, 1.54) is 23.7 Å². The van der Waals surface area contributed by atoms with Crippen LogP contribution in [0.4, 0.5) is 9.52 Å². The summed E-state index contributed by atoms with van der Waals surface area (Å²) < 4.78 is 13.3. The second kappa shape index (κ2) is 7.55. The molecule has 146 valence electrons. The number of rotatable bonds is 3. The van der Waals surface area contributed by atoms with E-state index in [0.717, 1.165) is 28.4 Å². The van der Waals surface area contributed by atoms with Gasteiger partial charge in [0.25, 0.3) is 5.78 Å². The molecule has 1 aliphatic rings. The third-order valence-electron chi connectivity index (χ3n) is 4.37. The Hall–Kier alpha value is -2.81. The van der Waals surface area contributed by atoms with E-state index in [4.69, 9.17) is 23.2 Å². The Kier molecular flexibility index (Phi) is 5.08. The Bertz CT molecular complexity index is 1150. The predicted molar refractivity (Wildman–Crippen MR) is 108 cm³/mol. The Balaban J connectivity index is 1.97. The van der Waals surface area contributed by atoms with Gasteiger partial charge in [0.15, 0.2) is 0 Å². The smallest absolute Gasteiger partial charge is 0.301 e. The largest absolute Gasteiger partial charge is 0.507 e. The SMILES string of the molecule is O=C1C(=O)N(c2nncs2)[C@H](c2ccc(Cl)cc2Cl)C1=C(O)c1ccc(F)cc1. The zero-order valence-electron chi connectivity index (χ0n) is 14.3. The van der Waals surface area contributed by atoms with Crippen molar-refractivity contribution in [2.24, 2.45) is 0 Å². The van der Waals surface area contributed by atoms with Crippen molar-refractivity contribution in [1.82, 2.24) is 10.2 Å². The van der Waals surface area contributed by atoms with Gasteiger partial charge in [-0.1, -0.05) is 40.6 Å². The molecule has 1 atom stereocenters. The quantitative estimate of drug-likeness (QED) is 0.358. The maximum absolute atomic E-state index is 13.3. The van der Waals surface area contributed by atoms with Gasteiger partial charge in [-0.05, 0) is 42.0 Å². The van der Waals surface area contributed by atoms with E-state index in [9.17, 15) is 19.1 Å². The molecule has 1 aromatic heterocycles. The first-order valence-electron chi connectivity index (χ1n) is 8.16. The zero-order chi connectivity index (χ0) is 20.7. The van der Waals surface area contributed by atoms with Crippen molar-refractivity contribution in [3.8, 4) is 0 Å². The summed E-state index contributed by atoms with van der Waals surface area (Å²) in [6.45, 7) is 0. The third-order valence-corrected chi connectivity index (χ3v) is 5.63. The third kappa shape index (κ3) is 3.39. The summed E-state index contributed by atoms with van der Waals surface area (Å²) in [5, 5.41) is 19.2. The monoisotopic (exact) mass is 449 g/mol. The van der Waals surface area contributed by atoms with E-state index in [0.29, 0.717) is 10.6 Å². The van der Waals surface area contributed by atoms with E-state index < -0.39 is 29.3 Å². The van der Waals surface area contributed by atoms with Crippen molar-refractivity contribution in [1.29, 1.82) is 0 Å². The number of nitrogens with zero attached hydrogens (tertiary/aromatic N) is 3. The van der Waals surface area contributed by atoms with E-state index in [2.05, 4.69) is 10.2 Å². The number of halogens is 3. The average molecular weight is 450 g/mol. The first-order valence-corrected chi connectivity index (χ1v) is 9.80. The number of carbonyl (C=O) groups excluding carboxylic acids is 2. The van der Waals surface area contributed by atoms with Gasteiger partial charge in [-0.25, -0.2) is 4.39 Å². The van der Waals surface area contributed by atoms with Crippen molar-refractivity contribution < 1.29 is 19.1 Å². The van der Waals surface area contributed by atoms with Gasteiger partial charge >= 0.3 is 5.91 Å². The molecule has 0 unspecified atom stereocenters. The van der Waals surface area contributed by atoms with Crippen molar-refractivity contribution >= 4 is 57.1 Å². The molecule has 0 bridgehead atoms. The molecule has 29 heavy (non-hydrogen) atoms. The predicted octanol–water partition coefficient (Wildman–Crippen LogP) is 4.61. The van der Waals surface area contributed by atoms with Gasteiger partial charge < -0.3 is 5.11 Å². The van der Waals surface area contributed by atoms with Crippen molar-refractivity contribution in [2.45, 2.75) is 6.04 Å². The van der Waals surface area contributed by atoms with E-state index >= 15 is 0 Å². The minimum Gasteiger partial charge on any atom is -0.507 e. The Morgan fingerprint density at radius 1 is 1.14 bits per heavy atom. The number of aromatic nitrogens is 2. The summed E-state index contributed by atoms with van der Waals surface area (Å²) in [5.74, 6) is -2.76. The van der Waals surface area contributed by atoms with Crippen LogP contribution >= 0.6 is 34.5 Å². The second-order valence-corrected chi connectivity index (χ2v) is 7.72. The summed E-state index contributed by atoms with van der Waals surface area (Å²) in [7, 11) is 0. The molecule has 1 N–H and O–H groups in total. The minimum absolute atomic E-state index is 0.168. The fourth-order valence-corrected chi connectivity index (χ4v) is 4.18. The molecule has 0 spiro atoms. The fourth-order valence-electron chi connectivity index (χ4n) is 3.08. The van der Waals surface area contributed by atoms with Crippen LogP contribution in [0.25, 0.3) is 5.76 Å². The summed E-state index contributed by atoms with van der Waals surface area (Å²) in [5.41, 5.74) is 1.77. The molecule has 1 fully saturated rings. The van der Waals surface area contributed by atoms with Crippen LogP contribution in [-0.2, 0) is 9.59 Å². The molecular weight excluding hydrogens is 440 g/mol. The van der Waals surface area contributed by atoms with Gasteiger partial charge in [-0.15, -0.1) is 10.2 Å². The highest BCUT2D eigenvalue weighted by molar-refractivity contribution is 7.13. The maximum Gasteiger partial charge on any atom is 0.301 e. The molecular formula is C19H10Cl2FN3O3S.